The summed E-state index contributed by atoms with van der Waals surface area (Å²) in [6, 6.07) is 0. The van der Waals surface area contributed by atoms with Crippen molar-refractivity contribution in [2.75, 3.05) is 0 Å². The Morgan fingerprint density at radius 3 is 2.92 bits per heavy atom. The fraction of sp³-hybridized carbons (Fsp3) is 0.900. The molecule has 0 bridgehead atoms. The maximum absolute atomic E-state index is 11.0. The van der Waals surface area contributed by atoms with Gasteiger partial charge in [0.1, 0.15) is 6.10 Å². The molecule has 1 rings (SSSR count). The van der Waals surface area contributed by atoms with Crippen LogP contribution in [0.3, 0.4) is 0 Å². The molecule has 13 heavy (non-hydrogen) atoms. The third-order valence-electron chi connectivity index (χ3n) is 2.60. The largest absolute Gasteiger partial charge is 0.462 e. The van der Waals surface area contributed by atoms with Gasteiger partial charge in [-0.2, -0.15) is 0 Å². The highest BCUT2D eigenvalue weighted by Gasteiger charge is 2.27. The van der Waals surface area contributed by atoms with Crippen LogP contribution in [-0.4, -0.2) is 23.3 Å². The van der Waals surface area contributed by atoms with E-state index in [0.29, 0.717) is 12.3 Å². The average Bonchev–Trinajstić information content (AvgIpc) is 2.02. The summed E-state index contributed by atoms with van der Waals surface area (Å²) in [5, 5.41) is 9.33. The quantitative estimate of drug-likeness (QED) is 0.679. The van der Waals surface area contributed by atoms with E-state index in [9.17, 15) is 9.90 Å². The minimum absolute atomic E-state index is 0.0637. The molecule has 1 aliphatic rings. The molecule has 0 radical (unpaired) electrons. The normalized spacial score (nSPS) is 31.2. The van der Waals surface area contributed by atoms with E-state index in [1.54, 1.807) is 0 Å². The zero-order valence-corrected chi connectivity index (χ0v) is 8.32. The van der Waals surface area contributed by atoms with Crippen molar-refractivity contribution in [1.82, 2.24) is 0 Å². The fourth-order valence-corrected chi connectivity index (χ4v) is 1.62. The highest BCUT2D eigenvalue weighted by Crippen LogP contribution is 2.22. The number of cyclic esters (lactones) is 1. The number of rotatable bonds is 3. The summed E-state index contributed by atoms with van der Waals surface area (Å²) in [4.78, 5) is 11.0. The van der Waals surface area contributed by atoms with Crippen molar-refractivity contribution < 1.29 is 14.6 Å². The summed E-state index contributed by atoms with van der Waals surface area (Å²) < 4.78 is 5.13. The predicted octanol–water partition coefficient (Wildman–Crippen LogP) is 1.49. The Labute approximate surface area is 79.1 Å². The summed E-state index contributed by atoms with van der Waals surface area (Å²) >= 11 is 0. The van der Waals surface area contributed by atoms with Gasteiger partial charge in [0.25, 0.3) is 0 Å². The Bertz CT molecular complexity index is 179. The van der Waals surface area contributed by atoms with Crippen LogP contribution in [0.5, 0.6) is 0 Å². The van der Waals surface area contributed by atoms with E-state index in [1.165, 1.54) is 0 Å². The molecule has 1 N–H and O–H groups in total. The van der Waals surface area contributed by atoms with Crippen molar-refractivity contribution in [1.29, 1.82) is 0 Å². The first-order valence-corrected chi connectivity index (χ1v) is 4.99. The van der Waals surface area contributed by atoms with Gasteiger partial charge in [-0.1, -0.05) is 20.3 Å². The minimum Gasteiger partial charge on any atom is -0.462 e. The average molecular weight is 186 g/mol. The number of esters is 1. The van der Waals surface area contributed by atoms with Crippen molar-refractivity contribution in [3.8, 4) is 0 Å². The Balaban J connectivity index is 2.37. The molecule has 0 spiro atoms. The van der Waals surface area contributed by atoms with Crippen LogP contribution in [0.2, 0.25) is 0 Å². The number of hydrogen-bond donors (Lipinski definition) is 1. The lowest BCUT2D eigenvalue weighted by atomic mass is 9.95. The number of hydrogen-bond acceptors (Lipinski definition) is 3. The van der Waals surface area contributed by atoms with E-state index in [1.807, 2.05) is 0 Å². The molecule has 0 amide bonds. The van der Waals surface area contributed by atoms with E-state index in [4.69, 9.17) is 4.74 Å². The Morgan fingerprint density at radius 1 is 1.69 bits per heavy atom. The number of ether oxygens (including phenoxy) is 1. The molecule has 1 heterocycles. The number of carbonyl (C=O) groups excluding carboxylic acids is 1. The summed E-state index contributed by atoms with van der Waals surface area (Å²) in [5.74, 6) is 0.301. The van der Waals surface area contributed by atoms with Gasteiger partial charge in [-0.15, -0.1) is 0 Å². The standard InChI is InChI=1S/C10H18O3/c1-3-7(2)4-9-5-8(11)6-10(12)13-9/h7-9,11H,3-6H2,1-2H3/t7-,8+,9+/m1/s1. The molecule has 0 unspecified atom stereocenters. The lowest BCUT2D eigenvalue weighted by Crippen LogP contribution is -2.33. The van der Waals surface area contributed by atoms with E-state index >= 15 is 0 Å². The first-order chi connectivity index (χ1) is 6.11. The van der Waals surface area contributed by atoms with Crippen LogP contribution >= 0.6 is 0 Å². The molecule has 1 fully saturated rings. The molecule has 3 nitrogen and oxygen atoms in total. The Hall–Kier alpha value is -0.570. The van der Waals surface area contributed by atoms with Gasteiger partial charge in [-0.3, -0.25) is 4.79 Å². The Kier molecular flexibility index (Phi) is 3.72. The third-order valence-corrected chi connectivity index (χ3v) is 2.60. The topological polar surface area (TPSA) is 46.5 Å². The highest BCUT2D eigenvalue weighted by atomic mass is 16.5. The molecule has 3 atom stereocenters. The number of aliphatic hydroxyl groups excluding tert-OH is 1. The highest BCUT2D eigenvalue weighted by molar-refractivity contribution is 5.70. The number of aliphatic hydroxyl groups is 1. The maximum atomic E-state index is 11.0. The molecule has 1 aliphatic heterocycles. The van der Waals surface area contributed by atoms with Crippen molar-refractivity contribution in [2.45, 2.75) is 51.7 Å². The van der Waals surface area contributed by atoms with Crippen LogP contribution in [-0.2, 0) is 9.53 Å². The van der Waals surface area contributed by atoms with Crippen LogP contribution in [0.1, 0.15) is 39.5 Å². The van der Waals surface area contributed by atoms with Gasteiger partial charge in [-0.05, 0) is 12.3 Å². The van der Waals surface area contributed by atoms with Gasteiger partial charge >= 0.3 is 5.97 Å². The summed E-state index contributed by atoms with van der Waals surface area (Å²) in [6.45, 7) is 4.25. The monoisotopic (exact) mass is 186 g/mol. The van der Waals surface area contributed by atoms with Crippen molar-refractivity contribution in [2.24, 2.45) is 5.92 Å². The molecule has 3 heteroatoms. The second-order valence-electron chi connectivity index (χ2n) is 3.95. The lowest BCUT2D eigenvalue weighted by molar-refractivity contribution is -0.161. The zero-order chi connectivity index (χ0) is 9.84. The van der Waals surface area contributed by atoms with Gasteiger partial charge in [0, 0.05) is 6.42 Å². The summed E-state index contributed by atoms with van der Waals surface area (Å²) in [7, 11) is 0. The van der Waals surface area contributed by atoms with E-state index in [-0.39, 0.29) is 18.5 Å². The van der Waals surface area contributed by atoms with Crippen molar-refractivity contribution in [3.05, 3.63) is 0 Å². The van der Waals surface area contributed by atoms with Crippen molar-refractivity contribution >= 4 is 5.97 Å². The molecular formula is C10H18O3. The molecular weight excluding hydrogens is 168 g/mol. The molecule has 1 saturated heterocycles. The van der Waals surface area contributed by atoms with E-state index < -0.39 is 6.10 Å². The molecule has 0 aromatic rings. The molecule has 0 aliphatic carbocycles. The van der Waals surface area contributed by atoms with Gasteiger partial charge in [0.2, 0.25) is 0 Å². The lowest BCUT2D eigenvalue weighted by Gasteiger charge is -2.27. The summed E-state index contributed by atoms with van der Waals surface area (Å²) in [6.07, 6.45) is 2.18. The number of carbonyl (C=O) groups is 1. The van der Waals surface area contributed by atoms with Gasteiger partial charge < -0.3 is 9.84 Å². The fourth-order valence-electron chi connectivity index (χ4n) is 1.62. The van der Waals surface area contributed by atoms with E-state index in [2.05, 4.69) is 13.8 Å². The van der Waals surface area contributed by atoms with Crippen LogP contribution in [0.15, 0.2) is 0 Å². The molecule has 76 valence electrons. The first kappa shape index (κ1) is 10.5. The van der Waals surface area contributed by atoms with Gasteiger partial charge in [0.05, 0.1) is 12.5 Å². The summed E-state index contributed by atoms with van der Waals surface area (Å²) in [5.41, 5.74) is 0. The van der Waals surface area contributed by atoms with Crippen LogP contribution < -0.4 is 0 Å². The van der Waals surface area contributed by atoms with Crippen LogP contribution in [0, 0.1) is 5.92 Å². The third kappa shape index (κ3) is 3.35. The molecule has 0 aromatic heterocycles. The van der Waals surface area contributed by atoms with Crippen LogP contribution in [0.25, 0.3) is 0 Å². The zero-order valence-electron chi connectivity index (χ0n) is 8.32. The maximum Gasteiger partial charge on any atom is 0.308 e. The minimum atomic E-state index is -0.490. The molecule has 0 saturated carbocycles. The second kappa shape index (κ2) is 4.61. The SMILES string of the molecule is CC[C@@H](C)C[C@H]1C[C@H](O)CC(=O)O1. The Morgan fingerprint density at radius 2 is 2.38 bits per heavy atom. The van der Waals surface area contributed by atoms with Gasteiger partial charge in [-0.25, -0.2) is 0 Å². The van der Waals surface area contributed by atoms with Crippen molar-refractivity contribution in [3.63, 3.8) is 0 Å². The van der Waals surface area contributed by atoms with E-state index in [0.717, 1.165) is 12.8 Å². The van der Waals surface area contributed by atoms with Gasteiger partial charge in [0.15, 0.2) is 0 Å². The first-order valence-electron chi connectivity index (χ1n) is 4.99. The molecule has 0 aromatic carbocycles. The predicted molar refractivity (Wildman–Crippen MR) is 49.2 cm³/mol. The van der Waals surface area contributed by atoms with Crippen LogP contribution in [0.4, 0.5) is 0 Å². The second-order valence-corrected chi connectivity index (χ2v) is 3.95. The smallest absolute Gasteiger partial charge is 0.308 e.